The van der Waals surface area contributed by atoms with E-state index in [1.165, 1.54) is 0 Å². The summed E-state index contributed by atoms with van der Waals surface area (Å²) in [6.07, 6.45) is 3.90. The molecule has 2 heterocycles. The zero-order chi connectivity index (χ0) is 7.68. The van der Waals surface area contributed by atoms with Crippen molar-refractivity contribution in [2.45, 2.75) is 6.54 Å². The third-order valence-electron chi connectivity index (χ3n) is 1.62. The SMILES string of the molecule is Br.NCc1cn2ccccc2n1. The second-order valence-corrected chi connectivity index (χ2v) is 2.40. The van der Waals surface area contributed by atoms with Gasteiger partial charge in [-0.2, -0.15) is 0 Å². The predicted molar refractivity (Wildman–Crippen MR) is 53.4 cm³/mol. The van der Waals surface area contributed by atoms with Crippen LogP contribution in [0.5, 0.6) is 0 Å². The van der Waals surface area contributed by atoms with Crippen LogP contribution in [-0.2, 0) is 6.54 Å². The van der Waals surface area contributed by atoms with Crippen LogP contribution in [0, 0.1) is 0 Å². The van der Waals surface area contributed by atoms with Crippen LogP contribution in [0.3, 0.4) is 0 Å². The maximum absolute atomic E-state index is 5.44. The topological polar surface area (TPSA) is 43.3 Å². The lowest BCUT2D eigenvalue weighted by atomic mass is 10.5. The first-order valence-electron chi connectivity index (χ1n) is 3.53. The molecule has 2 N–H and O–H groups in total. The first kappa shape index (κ1) is 9.22. The molecule has 0 aromatic carbocycles. The molecule has 2 aromatic heterocycles. The molecule has 64 valence electrons. The normalized spacial score (nSPS) is 9.75. The summed E-state index contributed by atoms with van der Waals surface area (Å²) in [5, 5.41) is 0. The van der Waals surface area contributed by atoms with Gasteiger partial charge in [-0.15, -0.1) is 17.0 Å². The highest BCUT2D eigenvalue weighted by atomic mass is 79.9. The van der Waals surface area contributed by atoms with Crippen LogP contribution in [0.4, 0.5) is 0 Å². The van der Waals surface area contributed by atoms with E-state index in [-0.39, 0.29) is 17.0 Å². The van der Waals surface area contributed by atoms with Crippen molar-refractivity contribution in [2.75, 3.05) is 0 Å². The molecule has 3 nitrogen and oxygen atoms in total. The first-order valence-corrected chi connectivity index (χ1v) is 3.53. The average molecular weight is 228 g/mol. The molecule has 2 aromatic rings. The van der Waals surface area contributed by atoms with Crippen molar-refractivity contribution < 1.29 is 0 Å². The number of hydrogen-bond donors (Lipinski definition) is 1. The molecule has 0 radical (unpaired) electrons. The lowest BCUT2D eigenvalue weighted by molar-refractivity contribution is 1.02. The van der Waals surface area contributed by atoms with Gasteiger partial charge in [0.05, 0.1) is 5.69 Å². The summed E-state index contributed by atoms with van der Waals surface area (Å²) < 4.78 is 1.96. The summed E-state index contributed by atoms with van der Waals surface area (Å²) in [7, 11) is 0. The molecule has 0 fully saturated rings. The largest absolute Gasteiger partial charge is 0.325 e. The average Bonchev–Trinajstić information content (AvgIpc) is 2.46. The van der Waals surface area contributed by atoms with Crippen LogP contribution in [0.1, 0.15) is 5.69 Å². The van der Waals surface area contributed by atoms with E-state index in [1.54, 1.807) is 0 Å². The lowest BCUT2D eigenvalue weighted by Crippen LogP contribution is -1.95. The van der Waals surface area contributed by atoms with E-state index < -0.39 is 0 Å². The van der Waals surface area contributed by atoms with Crippen LogP contribution in [0.15, 0.2) is 30.6 Å². The van der Waals surface area contributed by atoms with Crippen molar-refractivity contribution in [2.24, 2.45) is 5.73 Å². The Morgan fingerprint density at radius 3 is 2.92 bits per heavy atom. The summed E-state index contributed by atoms with van der Waals surface area (Å²) in [6, 6.07) is 5.89. The number of nitrogens with two attached hydrogens (primary N) is 1. The number of halogens is 1. The highest BCUT2D eigenvalue weighted by molar-refractivity contribution is 8.93. The van der Waals surface area contributed by atoms with Crippen LogP contribution in [-0.4, -0.2) is 9.38 Å². The molecule has 0 aliphatic rings. The van der Waals surface area contributed by atoms with Crippen LogP contribution >= 0.6 is 17.0 Å². The molecule has 0 spiro atoms. The molecular formula is C8H10BrN3. The van der Waals surface area contributed by atoms with Crippen molar-refractivity contribution in [3.8, 4) is 0 Å². The van der Waals surface area contributed by atoms with E-state index >= 15 is 0 Å². The number of nitrogens with zero attached hydrogens (tertiary/aromatic N) is 2. The van der Waals surface area contributed by atoms with Crippen molar-refractivity contribution in [3.05, 3.63) is 36.3 Å². The van der Waals surface area contributed by atoms with Gasteiger partial charge in [0.2, 0.25) is 0 Å². The zero-order valence-electron chi connectivity index (χ0n) is 6.47. The van der Waals surface area contributed by atoms with Gasteiger partial charge in [0.15, 0.2) is 0 Å². The van der Waals surface area contributed by atoms with Crippen molar-refractivity contribution in [1.29, 1.82) is 0 Å². The third kappa shape index (κ3) is 1.49. The van der Waals surface area contributed by atoms with E-state index in [4.69, 9.17) is 5.73 Å². The van der Waals surface area contributed by atoms with Gasteiger partial charge >= 0.3 is 0 Å². The molecule has 12 heavy (non-hydrogen) atoms. The summed E-state index contributed by atoms with van der Waals surface area (Å²) in [6.45, 7) is 0.502. The second-order valence-electron chi connectivity index (χ2n) is 2.40. The summed E-state index contributed by atoms with van der Waals surface area (Å²) in [5.74, 6) is 0. The summed E-state index contributed by atoms with van der Waals surface area (Å²) in [4.78, 5) is 4.27. The van der Waals surface area contributed by atoms with E-state index in [9.17, 15) is 0 Å². The van der Waals surface area contributed by atoms with Gasteiger partial charge in [-0.1, -0.05) is 6.07 Å². The van der Waals surface area contributed by atoms with Gasteiger partial charge in [0.1, 0.15) is 5.65 Å². The molecule has 0 saturated carbocycles. The Hall–Kier alpha value is -0.870. The molecule has 2 rings (SSSR count). The number of aromatic nitrogens is 2. The molecule has 0 aliphatic carbocycles. The van der Waals surface area contributed by atoms with Crippen molar-refractivity contribution in [3.63, 3.8) is 0 Å². The molecular weight excluding hydrogens is 218 g/mol. The van der Waals surface area contributed by atoms with Gasteiger partial charge in [-0.3, -0.25) is 0 Å². The minimum atomic E-state index is 0. The van der Waals surface area contributed by atoms with Crippen molar-refractivity contribution in [1.82, 2.24) is 9.38 Å². The Kier molecular flexibility index (Phi) is 2.83. The molecule has 0 aliphatic heterocycles. The molecule has 0 amide bonds. The van der Waals surface area contributed by atoms with Gasteiger partial charge in [0.25, 0.3) is 0 Å². The Morgan fingerprint density at radius 1 is 1.42 bits per heavy atom. The van der Waals surface area contributed by atoms with Gasteiger partial charge in [-0.05, 0) is 12.1 Å². The Morgan fingerprint density at radius 2 is 2.25 bits per heavy atom. The van der Waals surface area contributed by atoms with Crippen LogP contribution in [0.25, 0.3) is 5.65 Å². The van der Waals surface area contributed by atoms with E-state index in [0.29, 0.717) is 6.54 Å². The number of rotatable bonds is 1. The van der Waals surface area contributed by atoms with Crippen LogP contribution in [0.2, 0.25) is 0 Å². The maximum Gasteiger partial charge on any atom is 0.137 e. The molecule has 4 heteroatoms. The molecule has 0 saturated heterocycles. The summed E-state index contributed by atoms with van der Waals surface area (Å²) >= 11 is 0. The Balaban J connectivity index is 0.000000720. The summed E-state index contributed by atoms with van der Waals surface area (Å²) in [5.41, 5.74) is 7.32. The van der Waals surface area contributed by atoms with E-state index in [2.05, 4.69) is 4.98 Å². The fourth-order valence-electron chi connectivity index (χ4n) is 1.09. The zero-order valence-corrected chi connectivity index (χ0v) is 8.19. The smallest absolute Gasteiger partial charge is 0.137 e. The van der Waals surface area contributed by atoms with Gasteiger partial charge in [-0.25, -0.2) is 4.98 Å². The lowest BCUT2D eigenvalue weighted by Gasteiger charge is -1.86. The van der Waals surface area contributed by atoms with E-state index in [1.807, 2.05) is 35.0 Å². The second kappa shape index (κ2) is 3.69. The number of imidazole rings is 1. The monoisotopic (exact) mass is 227 g/mol. The highest BCUT2D eigenvalue weighted by Gasteiger charge is 1.95. The number of pyridine rings is 1. The van der Waals surface area contributed by atoms with Crippen molar-refractivity contribution >= 4 is 22.6 Å². The minimum absolute atomic E-state index is 0. The number of hydrogen-bond acceptors (Lipinski definition) is 2. The fourth-order valence-corrected chi connectivity index (χ4v) is 1.09. The fraction of sp³-hybridized carbons (Fsp3) is 0.125. The standard InChI is InChI=1S/C8H9N3.BrH/c9-5-7-6-11-4-2-1-3-8(11)10-7;/h1-4,6H,5,9H2;1H. The molecule has 0 atom stereocenters. The number of fused-ring (bicyclic) bond motifs is 1. The maximum atomic E-state index is 5.44. The Labute approximate surface area is 81.0 Å². The first-order chi connectivity index (χ1) is 5.40. The quantitative estimate of drug-likeness (QED) is 0.801. The van der Waals surface area contributed by atoms with Crippen LogP contribution < -0.4 is 5.73 Å². The predicted octanol–water partition coefficient (Wildman–Crippen LogP) is 1.37. The highest BCUT2D eigenvalue weighted by Crippen LogP contribution is 2.02. The minimum Gasteiger partial charge on any atom is -0.325 e. The Bertz CT molecular complexity index is 336. The molecule has 0 unspecified atom stereocenters. The van der Waals surface area contributed by atoms with E-state index in [0.717, 1.165) is 11.3 Å². The molecule has 0 bridgehead atoms. The third-order valence-corrected chi connectivity index (χ3v) is 1.62. The van der Waals surface area contributed by atoms with Gasteiger partial charge in [0, 0.05) is 18.9 Å². The van der Waals surface area contributed by atoms with Gasteiger partial charge < -0.3 is 10.1 Å².